The topological polar surface area (TPSA) is 58.2 Å². The van der Waals surface area contributed by atoms with Gasteiger partial charge in [0.25, 0.3) is 0 Å². The van der Waals surface area contributed by atoms with Crippen LogP contribution in [0.1, 0.15) is 41.0 Å². The van der Waals surface area contributed by atoms with Crippen molar-refractivity contribution in [3.8, 4) is 0 Å². The first kappa shape index (κ1) is 15.9. The molecule has 0 aromatic rings. The summed E-state index contributed by atoms with van der Waals surface area (Å²) in [5.74, 6) is 0.148. The first-order chi connectivity index (χ1) is 7.12. The van der Waals surface area contributed by atoms with Crippen LogP contribution in [0.15, 0.2) is 0 Å². The highest BCUT2D eigenvalue weighted by molar-refractivity contribution is 7.89. The van der Waals surface area contributed by atoms with E-state index in [9.17, 15) is 8.42 Å². The molecule has 0 saturated carbocycles. The van der Waals surface area contributed by atoms with Crippen molar-refractivity contribution in [2.24, 2.45) is 5.41 Å². The summed E-state index contributed by atoms with van der Waals surface area (Å²) in [6, 6.07) is 0.324. The summed E-state index contributed by atoms with van der Waals surface area (Å²) in [6.07, 6.45) is 0.851. The van der Waals surface area contributed by atoms with E-state index < -0.39 is 10.0 Å². The molecule has 5 heteroatoms. The molecule has 0 amide bonds. The fraction of sp³-hybridized carbons (Fsp3) is 1.00. The molecule has 2 N–H and O–H groups in total. The Morgan fingerprint density at radius 2 is 1.69 bits per heavy atom. The van der Waals surface area contributed by atoms with Gasteiger partial charge in [-0.25, -0.2) is 13.1 Å². The van der Waals surface area contributed by atoms with E-state index in [2.05, 4.69) is 30.8 Å². The summed E-state index contributed by atoms with van der Waals surface area (Å²) in [5.41, 5.74) is 0.165. The third-order valence-electron chi connectivity index (χ3n) is 2.12. The van der Waals surface area contributed by atoms with E-state index in [1.165, 1.54) is 0 Å². The van der Waals surface area contributed by atoms with E-state index in [-0.39, 0.29) is 11.2 Å². The Hall–Kier alpha value is -0.130. The highest BCUT2D eigenvalue weighted by Gasteiger charge is 2.13. The molecule has 0 bridgehead atoms. The molecule has 4 nitrogen and oxygen atoms in total. The highest BCUT2D eigenvalue weighted by atomic mass is 32.2. The van der Waals surface area contributed by atoms with Gasteiger partial charge in [-0.05, 0) is 11.8 Å². The molecular weight excluding hydrogens is 224 g/mol. The molecule has 0 aromatic heterocycles. The van der Waals surface area contributed by atoms with Crippen molar-refractivity contribution in [3.05, 3.63) is 0 Å². The maximum Gasteiger partial charge on any atom is 0.212 e. The molecule has 0 aliphatic carbocycles. The Morgan fingerprint density at radius 3 is 2.12 bits per heavy atom. The van der Waals surface area contributed by atoms with Crippen molar-refractivity contribution in [2.75, 3.05) is 18.8 Å². The Morgan fingerprint density at radius 1 is 1.12 bits per heavy atom. The molecule has 0 saturated heterocycles. The van der Waals surface area contributed by atoms with Gasteiger partial charge in [-0.3, -0.25) is 0 Å². The van der Waals surface area contributed by atoms with E-state index in [0.717, 1.165) is 6.42 Å². The predicted molar refractivity (Wildman–Crippen MR) is 69.0 cm³/mol. The Kier molecular flexibility index (Phi) is 6.51. The van der Waals surface area contributed by atoms with Crippen LogP contribution < -0.4 is 10.0 Å². The van der Waals surface area contributed by atoms with Crippen LogP contribution >= 0.6 is 0 Å². The van der Waals surface area contributed by atoms with Crippen LogP contribution in [0.5, 0.6) is 0 Å². The zero-order valence-corrected chi connectivity index (χ0v) is 11.9. The number of sulfonamides is 1. The van der Waals surface area contributed by atoms with Gasteiger partial charge in [-0.2, -0.15) is 0 Å². The van der Waals surface area contributed by atoms with Gasteiger partial charge >= 0.3 is 0 Å². The van der Waals surface area contributed by atoms with Crippen molar-refractivity contribution >= 4 is 10.0 Å². The van der Waals surface area contributed by atoms with E-state index in [1.807, 2.05) is 13.8 Å². The predicted octanol–water partition coefficient (Wildman–Crippen LogP) is 1.34. The molecule has 0 aromatic carbocycles. The standard InChI is InChI=1S/C11H26N2O2S/c1-10(2)12-8-9-16(14,15)13-7-6-11(3,4)5/h10,12-13H,6-9H2,1-5H3. The molecule has 98 valence electrons. The summed E-state index contributed by atoms with van der Waals surface area (Å²) in [6.45, 7) is 11.3. The lowest BCUT2D eigenvalue weighted by molar-refractivity contribution is 0.378. The molecule has 0 unspecified atom stereocenters. The molecule has 0 aliphatic rings. The molecule has 0 radical (unpaired) electrons. The van der Waals surface area contributed by atoms with Crippen LogP contribution in [0.3, 0.4) is 0 Å². The maximum absolute atomic E-state index is 11.5. The Labute approximate surface area is 100 Å². The first-order valence-electron chi connectivity index (χ1n) is 5.83. The third-order valence-corrected chi connectivity index (χ3v) is 3.51. The van der Waals surface area contributed by atoms with Crippen LogP contribution in [-0.2, 0) is 10.0 Å². The molecule has 0 heterocycles. The third kappa shape index (κ3) is 10.4. The van der Waals surface area contributed by atoms with Crippen LogP contribution in [0.4, 0.5) is 0 Å². The maximum atomic E-state index is 11.5. The van der Waals surface area contributed by atoms with E-state index in [0.29, 0.717) is 19.1 Å². The molecule has 0 fully saturated rings. The quantitative estimate of drug-likeness (QED) is 0.717. The summed E-state index contributed by atoms with van der Waals surface area (Å²) in [7, 11) is -3.11. The SMILES string of the molecule is CC(C)NCCS(=O)(=O)NCCC(C)(C)C. The van der Waals surface area contributed by atoms with Gasteiger partial charge in [0.05, 0.1) is 5.75 Å². The fourth-order valence-electron chi connectivity index (χ4n) is 1.14. The van der Waals surface area contributed by atoms with E-state index in [4.69, 9.17) is 0 Å². The van der Waals surface area contributed by atoms with Crippen molar-refractivity contribution in [2.45, 2.75) is 47.1 Å². The van der Waals surface area contributed by atoms with Crippen LogP contribution in [0, 0.1) is 5.41 Å². The highest BCUT2D eigenvalue weighted by Crippen LogP contribution is 2.17. The second-order valence-electron chi connectivity index (χ2n) is 5.63. The number of hydrogen-bond donors (Lipinski definition) is 2. The molecule has 0 aliphatic heterocycles. The molecule has 0 atom stereocenters. The second-order valence-corrected chi connectivity index (χ2v) is 7.56. The Bertz CT molecular complexity index is 279. The first-order valence-corrected chi connectivity index (χ1v) is 7.48. The van der Waals surface area contributed by atoms with Crippen molar-refractivity contribution in [1.29, 1.82) is 0 Å². The smallest absolute Gasteiger partial charge is 0.212 e. The normalized spacial score (nSPS) is 13.4. The minimum atomic E-state index is -3.11. The van der Waals surface area contributed by atoms with Gasteiger partial charge in [0.1, 0.15) is 0 Å². The Balaban J connectivity index is 3.80. The number of rotatable bonds is 7. The van der Waals surface area contributed by atoms with Crippen LogP contribution in [0.2, 0.25) is 0 Å². The summed E-state index contributed by atoms with van der Waals surface area (Å²) in [5, 5.41) is 3.09. The van der Waals surface area contributed by atoms with E-state index >= 15 is 0 Å². The lowest BCUT2D eigenvalue weighted by Gasteiger charge is -2.18. The van der Waals surface area contributed by atoms with Gasteiger partial charge < -0.3 is 5.32 Å². The average molecular weight is 250 g/mol. The summed E-state index contributed by atoms with van der Waals surface area (Å²) in [4.78, 5) is 0. The minimum absolute atomic E-state index is 0.148. The molecular formula is C11H26N2O2S. The largest absolute Gasteiger partial charge is 0.313 e. The summed E-state index contributed by atoms with van der Waals surface area (Å²) >= 11 is 0. The molecule has 0 rings (SSSR count). The van der Waals surface area contributed by atoms with Crippen molar-refractivity contribution in [1.82, 2.24) is 10.0 Å². The average Bonchev–Trinajstić information content (AvgIpc) is 1.99. The van der Waals surface area contributed by atoms with Crippen molar-refractivity contribution in [3.63, 3.8) is 0 Å². The summed E-state index contributed by atoms with van der Waals surface area (Å²) < 4.78 is 25.7. The lowest BCUT2D eigenvalue weighted by Crippen LogP contribution is -2.35. The minimum Gasteiger partial charge on any atom is -0.313 e. The van der Waals surface area contributed by atoms with Gasteiger partial charge in [0, 0.05) is 19.1 Å². The van der Waals surface area contributed by atoms with E-state index in [1.54, 1.807) is 0 Å². The zero-order valence-electron chi connectivity index (χ0n) is 11.1. The van der Waals surface area contributed by atoms with Crippen LogP contribution in [-0.4, -0.2) is 33.3 Å². The van der Waals surface area contributed by atoms with Crippen molar-refractivity contribution < 1.29 is 8.42 Å². The lowest BCUT2D eigenvalue weighted by atomic mass is 9.93. The molecule has 0 spiro atoms. The van der Waals surface area contributed by atoms with Gasteiger partial charge in [-0.15, -0.1) is 0 Å². The van der Waals surface area contributed by atoms with Crippen LogP contribution in [0.25, 0.3) is 0 Å². The number of nitrogens with one attached hydrogen (secondary N) is 2. The zero-order chi connectivity index (χ0) is 12.8. The van der Waals surface area contributed by atoms with Gasteiger partial charge in [0.15, 0.2) is 0 Å². The number of hydrogen-bond acceptors (Lipinski definition) is 3. The van der Waals surface area contributed by atoms with Gasteiger partial charge in [-0.1, -0.05) is 34.6 Å². The molecule has 16 heavy (non-hydrogen) atoms. The fourth-order valence-corrected chi connectivity index (χ4v) is 2.08. The monoisotopic (exact) mass is 250 g/mol. The van der Waals surface area contributed by atoms with Gasteiger partial charge in [0.2, 0.25) is 10.0 Å². The second kappa shape index (κ2) is 6.57.